The van der Waals surface area contributed by atoms with Gasteiger partial charge in [0.2, 0.25) is 0 Å². The minimum Gasteiger partial charge on any atom is -0.238 e. The first-order chi connectivity index (χ1) is 13.2. The second-order valence-electron chi connectivity index (χ2n) is 5.81. The average molecular weight is 352 g/mol. The molecule has 0 saturated carbocycles. The third-order valence-electron chi connectivity index (χ3n) is 4.02. The van der Waals surface area contributed by atoms with E-state index in [1.54, 1.807) is 36.4 Å². The highest BCUT2D eigenvalue weighted by molar-refractivity contribution is 5.68. The molecule has 0 unspecified atom stereocenters. The van der Waals surface area contributed by atoms with Crippen LogP contribution in [-0.2, 0) is 0 Å². The van der Waals surface area contributed by atoms with Crippen LogP contribution < -0.4 is 0 Å². The molecule has 1 heterocycles. The van der Waals surface area contributed by atoms with Crippen LogP contribution in [0.15, 0.2) is 78.9 Å². The van der Waals surface area contributed by atoms with Crippen LogP contribution in [0.1, 0.15) is 0 Å². The fourth-order valence-corrected chi connectivity index (χ4v) is 2.70. The summed E-state index contributed by atoms with van der Waals surface area (Å²) in [6, 6.07) is 22.9. The van der Waals surface area contributed by atoms with Gasteiger partial charge in [0.05, 0.1) is 12.1 Å². The lowest BCUT2D eigenvalue weighted by molar-refractivity contribution is 0.630. The Morgan fingerprint density at radius 3 is 2.04 bits per heavy atom. The van der Waals surface area contributed by atoms with Crippen molar-refractivity contribution in [3.8, 4) is 34.2 Å². The van der Waals surface area contributed by atoms with Gasteiger partial charge in [-0.05, 0) is 18.2 Å². The molecule has 0 aliphatic carbocycles. The molecule has 0 aliphatic heterocycles. The Bertz CT molecular complexity index is 1150. The van der Waals surface area contributed by atoms with Gasteiger partial charge in [0.25, 0.3) is 0 Å². The van der Waals surface area contributed by atoms with E-state index in [2.05, 4.69) is 19.8 Å². The molecular formula is C22H13FN4. The number of halogens is 1. The van der Waals surface area contributed by atoms with Crippen LogP contribution in [0.5, 0.6) is 0 Å². The maximum atomic E-state index is 14.3. The quantitative estimate of drug-likeness (QED) is 0.453. The highest BCUT2D eigenvalue weighted by Crippen LogP contribution is 2.27. The Kier molecular flexibility index (Phi) is 4.38. The molecule has 4 nitrogen and oxygen atoms in total. The van der Waals surface area contributed by atoms with Crippen LogP contribution >= 0.6 is 0 Å². The van der Waals surface area contributed by atoms with Crippen LogP contribution in [-0.4, -0.2) is 15.0 Å². The van der Waals surface area contributed by atoms with Crippen molar-refractivity contribution in [1.82, 2.24) is 15.0 Å². The molecule has 1 aromatic heterocycles. The minimum absolute atomic E-state index is 0.255. The molecule has 3 aromatic carbocycles. The third kappa shape index (κ3) is 3.42. The number of rotatable bonds is 3. The molecule has 0 amide bonds. The molecule has 0 radical (unpaired) electrons. The van der Waals surface area contributed by atoms with E-state index in [9.17, 15) is 4.39 Å². The van der Waals surface area contributed by atoms with Crippen LogP contribution in [0.25, 0.3) is 39.0 Å². The van der Waals surface area contributed by atoms with Gasteiger partial charge < -0.3 is 0 Å². The van der Waals surface area contributed by atoms with Crippen molar-refractivity contribution in [3.63, 3.8) is 0 Å². The molecule has 0 aliphatic rings. The summed E-state index contributed by atoms with van der Waals surface area (Å²) in [5, 5.41) is 0. The summed E-state index contributed by atoms with van der Waals surface area (Å²) in [5.41, 5.74) is 2.28. The summed E-state index contributed by atoms with van der Waals surface area (Å²) in [4.78, 5) is 17.0. The number of aromatic nitrogens is 3. The second-order valence-corrected chi connectivity index (χ2v) is 5.81. The Hall–Kier alpha value is -3.91. The van der Waals surface area contributed by atoms with Crippen molar-refractivity contribution < 1.29 is 4.39 Å². The molecule has 0 saturated heterocycles. The Morgan fingerprint density at radius 1 is 0.667 bits per heavy atom. The fraction of sp³-hybridized carbons (Fsp3) is 0. The predicted molar refractivity (Wildman–Crippen MR) is 102 cm³/mol. The SMILES string of the molecule is [C-]#[N+]c1cccc(-c2nc(-c3ccccc3)nc(-c3ccccc3F)n2)c1. The summed E-state index contributed by atoms with van der Waals surface area (Å²) in [7, 11) is 0. The molecule has 4 rings (SSSR count). The molecule has 0 atom stereocenters. The van der Waals surface area contributed by atoms with Gasteiger partial charge in [0.1, 0.15) is 5.82 Å². The van der Waals surface area contributed by atoms with Gasteiger partial charge in [-0.2, -0.15) is 0 Å². The maximum absolute atomic E-state index is 14.3. The van der Waals surface area contributed by atoms with Crippen LogP contribution in [0.4, 0.5) is 10.1 Å². The molecule has 5 heteroatoms. The van der Waals surface area contributed by atoms with Gasteiger partial charge in [0, 0.05) is 11.1 Å². The normalized spacial score (nSPS) is 10.4. The Labute approximate surface area is 155 Å². The van der Waals surface area contributed by atoms with E-state index in [0.717, 1.165) is 5.56 Å². The first-order valence-electron chi connectivity index (χ1n) is 8.29. The molecule has 128 valence electrons. The number of hydrogen-bond acceptors (Lipinski definition) is 3. The third-order valence-corrected chi connectivity index (χ3v) is 4.02. The van der Waals surface area contributed by atoms with Crippen molar-refractivity contribution in [2.75, 3.05) is 0 Å². The largest absolute Gasteiger partial charge is 0.238 e. The summed E-state index contributed by atoms with van der Waals surface area (Å²) in [6.07, 6.45) is 0. The first kappa shape index (κ1) is 16.6. The van der Waals surface area contributed by atoms with E-state index in [-0.39, 0.29) is 5.82 Å². The van der Waals surface area contributed by atoms with Crippen molar-refractivity contribution in [1.29, 1.82) is 0 Å². The van der Waals surface area contributed by atoms with E-state index in [1.807, 2.05) is 36.4 Å². The van der Waals surface area contributed by atoms with Crippen LogP contribution in [0.2, 0.25) is 0 Å². The molecule has 27 heavy (non-hydrogen) atoms. The summed E-state index contributed by atoms with van der Waals surface area (Å²) >= 11 is 0. The lowest BCUT2D eigenvalue weighted by Gasteiger charge is -2.09. The van der Waals surface area contributed by atoms with E-state index >= 15 is 0 Å². The smallest absolute Gasteiger partial charge is 0.187 e. The van der Waals surface area contributed by atoms with E-state index in [0.29, 0.717) is 28.5 Å². The Morgan fingerprint density at radius 2 is 1.30 bits per heavy atom. The fourth-order valence-electron chi connectivity index (χ4n) is 2.70. The van der Waals surface area contributed by atoms with Crippen molar-refractivity contribution >= 4 is 5.69 Å². The van der Waals surface area contributed by atoms with Gasteiger partial charge in [0.15, 0.2) is 23.2 Å². The molecule has 0 fully saturated rings. The summed E-state index contributed by atoms with van der Waals surface area (Å²) < 4.78 is 14.3. The topological polar surface area (TPSA) is 43.0 Å². The number of nitrogens with zero attached hydrogens (tertiary/aromatic N) is 4. The second kappa shape index (κ2) is 7.14. The monoisotopic (exact) mass is 352 g/mol. The van der Waals surface area contributed by atoms with E-state index < -0.39 is 5.82 Å². The standard InChI is InChI=1S/C22H13FN4/c1-24-17-11-7-10-16(14-17)21-25-20(15-8-3-2-4-9-15)26-22(27-21)18-12-5-6-13-19(18)23/h2-14H. The highest BCUT2D eigenvalue weighted by atomic mass is 19.1. The summed E-state index contributed by atoms with van der Waals surface area (Å²) in [5.74, 6) is 0.702. The minimum atomic E-state index is -0.399. The van der Waals surface area contributed by atoms with E-state index in [1.165, 1.54) is 6.07 Å². The number of hydrogen-bond donors (Lipinski definition) is 0. The predicted octanol–water partition coefficient (Wildman–Crippen LogP) is 5.56. The van der Waals surface area contributed by atoms with E-state index in [4.69, 9.17) is 6.57 Å². The van der Waals surface area contributed by atoms with Gasteiger partial charge in [-0.25, -0.2) is 24.2 Å². The summed E-state index contributed by atoms with van der Waals surface area (Å²) in [6.45, 7) is 7.21. The molecule has 0 N–H and O–H groups in total. The average Bonchev–Trinajstić information content (AvgIpc) is 2.74. The number of benzene rings is 3. The van der Waals surface area contributed by atoms with Crippen molar-refractivity contribution in [2.24, 2.45) is 0 Å². The van der Waals surface area contributed by atoms with Crippen molar-refractivity contribution in [2.45, 2.75) is 0 Å². The lowest BCUT2D eigenvalue weighted by atomic mass is 10.1. The van der Waals surface area contributed by atoms with Crippen molar-refractivity contribution in [3.05, 3.63) is 96.1 Å². The van der Waals surface area contributed by atoms with Crippen LogP contribution in [0, 0.1) is 12.4 Å². The van der Waals surface area contributed by atoms with Gasteiger partial charge in [-0.15, -0.1) is 0 Å². The zero-order valence-corrected chi connectivity index (χ0v) is 14.2. The molecule has 0 bridgehead atoms. The zero-order valence-electron chi connectivity index (χ0n) is 14.2. The zero-order chi connectivity index (χ0) is 18.6. The highest BCUT2D eigenvalue weighted by Gasteiger charge is 2.14. The van der Waals surface area contributed by atoms with Gasteiger partial charge in [-0.1, -0.05) is 60.7 Å². The Balaban J connectivity index is 1.95. The molecular weight excluding hydrogens is 339 g/mol. The van der Waals surface area contributed by atoms with Crippen LogP contribution in [0.3, 0.4) is 0 Å². The van der Waals surface area contributed by atoms with Gasteiger partial charge in [-0.3, -0.25) is 0 Å². The maximum Gasteiger partial charge on any atom is 0.187 e. The molecule has 0 spiro atoms. The first-order valence-corrected chi connectivity index (χ1v) is 8.29. The molecule has 4 aromatic rings. The van der Waals surface area contributed by atoms with Gasteiger partial charge >= 0.3 is 0 Å². The lowest BCUT2D eigenvalue weighted by Crippen LogP contribution is -2.01.